The number of halogens is 1. The van der Waals surface area contributed by atoms with Gasteiger partial charge in [-0.2, -0.15) is 5.10 Å². The van der Waals surface area contributed by atoms with E-state index < -0.39 is 0 Å². The lowest BCUT2D eigenvalue weighted by molar-refractivity contribution is -0.136. The molecule has 1 atom stereocenters. The summed E-state index contributed by atoms with van der Waals surface area (Å²) >= 11 is 0. The van der Waals surface area contributed by atoms with E-state index in [1.807, 2.05) is 23.1 Å². The minimum atomic E-state index is -0.364. The highest BCUT2D eigenvalue weighted by Gasteiger charge is 2.35. The maximum Gasteiger partial charge on any atom is 0.325 e. The predicted molar refractivity (Wildman–Crippen MR) is 130 cm³/mol. The summed E-state index contributed by atoms with van der Waals surface area (Å²) in [6, 6.07) is 12.1. The lowest BCUT2D eigenvalue weighted by Gasteiger charge is -2.39. The summed E-state index contributed by atoms with van der Waals surface area (Å²) in [5, 5.41) is 5.17. The highest BCUT2D eigenvalue weighted by atomic mass is 19.1. The number of para-hydroxylation sites is 1. The van der Waals surface area contributed by atoms with Crippen LogP contribution in [0.1, 0.15) is 33.1 Å². The van der Waals surface area contributed by atoms with Crippen molar-refractivity contribution in [1.82, 2.24) is 19.6 Å². The zero-order chi connectivity index (χ0) is 23.8. The molecule has 0 bridgehead atoms. The molecule has 7 nitrogen and oxygen atoms in total. The average Bonchev–Trinajstić information content (AvgIpc) is 3.43. The maximum absolute atomic E-state index is 14.4. The molecular formula is C26H30FN5O2. The molecule has 0 radical (unpaired) electrons. The van der Waals surface area contributed by atoms with Crippen LogP contribution in [0.2, 0.25) is 0 Å². The molecule has 0 unspecified atom stereocenters. The molecule has 3 heterocycles. The fourth-order valence-electron chi connectivity index (χ4n) is 5.25. The van der Waals surface area contributed by atoms with E-state index in [2.05, 4.69) is 18.9 Å². The minimum Gasteiger partial charge on any atom is -0.338 e. The van der Waals surface area contributed by atoms with Crippen LogP contribution in [0.15, 0.2) is 48.7 Å². The molecule has 0 aliphatic carbocycles. The summed E-state index contributed by atoms with van der Waals surface area (Å²) in [4.78, 5) is 31.7. The van der Waals surface area contributed by atoms with E-state index in [9.17, 15) is 14.0 Å². The van der Waals surface area contributed by atoms with Gasteiger partial charge in [-0.15, -0.1) is 0 Å². The molecular weight excluding hydrogens is 433 g/mol. The third-order valence-electron chi connectivity index (χ3n) is 7.02. The van der Waals surface area contributed by atoms with Crippen LogP contribution in [0, 0.1) is 11.7 Å². The summed E-state index contributed by atoms with van der Waals surface area (Å²) in [5.41, 5.74) is 1.80. The fraction of sp³-hybridized carbons (Fsp3) is 0.423. The number of carbonyl (C=O) groups is 2. The van der Waals surface area contributed by atoms with Crippen molar-refractivity contribution in [2.45, 2.75) is 39.2 Å². The average molecular weight is 464 g/mol. The van der Waals surface area contributed by atoms with Gasteiger partial charge in [-0.1, -0.05) is 32.0 Å². The van der Waals surface area contributed by atoms with Crippen molar-refractivity contribution in [3.63, 3.8) is 0 Å². The second kappa shape index (κ2) is 9.08. The Morgan fingerprint density at radius 3 is 2.65 bits per heavy atom. The topological polar surface area (TPSA) is 61.7 Å². The maximum atomic E-state index is 14.4. The Morgan fingerprint density at radius 1 is 1.06 bits per heavy atom. The van der Waals surface area contributed by atoms with Gasteiger partial charge in [-0.05, 0) is 49.4 Å². The van der Waals surface area contributed by atoms with Crippen LogP contribution in [-0.2, 0) is 4.79 Å². The minimum absolute atomic E-state index is 0.0270. The van der Waals surface area contributed by atoms with Crippen LogP contribution in [0.5, 0.6) is 0 Å². The molecule has 3 amide bonds. The number of nitrogens with zero attached hydrogens (tertiary/aromatic N) is 5. The number of benzene rings is 2. The Hall–Kier alpha value is -3.42. The van der Waals surface area contributed by atoms with Crippen molar-refractivity contribution in [3.8, 4) is 5.69 Å². The molecule has 3 aromatic rings. The van der Waals surface area contributed by atoms with Gasteiger partial charge in [0.15, 0.2) is 0 Å². The van der Waals surface area contributed by atoms with Gasteiger partial charge in [0.25, 0.3) is 0 Å². The van der Waals surface area contributed by atoms with E-state index in [4.69, 9.17) is 0 Å². The van der Waals surface area contributed by atoms with Gasteiger partial charge in [0.2, 0.25) is 5.91 Å². The van der Waals surface area contributed by atoms with Gasteiger partial charge in [0.1, 0.15) is 18.0 Å². The Kier molecular flexibility index (Phi) is 5.98. The van der Waals surface area contributed by atoms with Crippen molar-refractivity contribution in [2.24, 2.45) is 5.92 Å². The lowest BCUT2D eigenvalue weighted by Crippen LogP contribution is -2.50. The fourth-order valence-corrected chi connectivity index (χ4v) is 5.25. The van der Waals surface area contributed by atoms with E-state index in [0.29, 0.717) is 24.7 Å². The number of anilines is 1. The van der Waals surface area contributed by atoms with Crippen LogP contribution in [0.3, 0.4) is 0 Å². The summed E-state index contributed by atoms with van der Waals surface area (Å²) in [6.45, 7) is 6.15. The van der Waals surface area contributed by atoms with E-state index in [-0.39, 0.29) is 30.3 Å². The SMILES string of the molecule is CC(C)[C@H]1CCCCN1C(=O)CN1CCN(c2cccc3c2cnn3-c2ccccc2F)C1=O. The number of fused-ring (bicyclic) bond motifs is 1. The van der Waals surface area contributed by atoms with Gasteiger partial charge in [-0.25, -0.2) is 13.9 Å². The van der Waals surface area contributed by atoms with Gasteiger partial charge in [-0.3, -0.25) is 9.69 Å². The number of aromatic nitrogens is 2. The van der Waals surface area contributed by atoms with E-state index in [1.54, 1.807) is 38.9 Å². The molecule has 5 rings (SSSR count). The Labute approximate surface area is 198 Å². The Balaban J connectivity index is 1.37. The third kappa shape index (κ3) is 3.91. The molecule has 0 spiro atoms. The standard InChI is InChI=1S/C26H30FN5O2/c1-18(2)21-9-5-6-13-30(21)25(33)17-29-14-15-31(26(29)34)22-11-7-12-23-19(22)16-28-32(23)24-10-4-3-8-20(24)27/h3-4,7-8,10-12,16,18,21H,5-6,9,13-15,17H2,1-2H3/t21-/m1/s1. The largest absolute Gasteiger partial charge is 0.338 e. The molecule has 0 saturated carbocycles. The first kappa shape index (κ1) is 22.4. The van der Waals surface area contributed by atoms with Crippen LogP contribution in [0.25, 0.3) is 16.6 Å². The summed E-state index contributed by atoms with van der Waals surface area (Å²) in [7, 11) is 0. The third-order valence-corrected chi connectivity index (χ3v) is 7.02. The number of urea groups is 1. The molecule has 8 heteroatoms. The van der Waals surface area contributed by atoms with E-state index in [0.717, 1.165) is 42.4 Å². The molecule has 34 heavy (non-hydrogen) atoms. The van der Waals surface area contributed by atoms with Crippen molar-refractivity contribution in [3.05, 3.63) is 54.5 Å². The molecule has 0 N–H and O–H groups in total. The monoisotopic (exact) mass is 463 g/mol. The van der Waals surface area contributed by atoms with Crippen molar-refractivity contribution in [2.75, 3.05) is 31.1 Å². The summed E-state index contributed by atoms with van der Waals surface area (Å²) < 4.78 is 15.9. The Bertz CT molecular complexity index is 1220. The van der Waals surface area contributed by atoms with Crippen LogP contribution < -0.4 is 4.90 Å². The zero-order valence-corrected chi connectivity index (χ0v) is 19.7. The zero-order valence-electron chi connectivity index (χ0n) is 19.7. The van der Waals surface area contributed by atoms with Crippen LogP contribution >= 0.6 is 0 Å². The molecule has 2 fully saturated rings. The van der Waals surface area contributed by atoms with E-state index >= 15 is 0 Å². The number of carbonyl (C=O) groups excluding carboxylic acids is 2. The van der Waals surface area contributed by atoms with Gasteiger partial charge < -0.3 is 9.80 Å². The first-order chi connectivity index (χ1) is 16.5. The number of rotatable bonds is 5. The predicted octanol–water partition coefficient (Wildman–Crippen LogP) is 4.44. The quantitative estimate of drug-likeness (QED) is 0.562. The molecule has 178 valence electrons. The van der Waals surface area contributed by atoms with Gasteiger partial charge >= 0.3 is 6.03 Å². The smallest absolute Gasteiger partial charge is 0.325 e. The second-order valence-corrected chi connectivity index (χ2v) is 9.47. The van der Waals surface area contributed by atoms with Crippen molar-refractivity contribution >= 4 is 28.5 Å². The van der Waals surface area contributed by atoms with Crippen molar-refractivity contribution in [1.29, 1.82) is 0 Å². The molecule has 2 aliphatic rings. The van der Waals surface area contributed by atoms with Crippen LogP contribution in [0.4, 0.5) is 14.9 Å². The highest BCUT2D eigenvalue weighted by Crippen LogP contribution is 2.31. The number of amides is 3. The van der Waals surface area contributed by atoms with Crippen LogP contribution in [-0.4, -0.2) is 63.7 Å². The normalized spacial score (nSPS) is 19.0. The summed E-state index contributed by atoms with van der Waals surface area (Å²) in [5.74, 6) is 0.0649. The molecule has 2 aliphatic heterocycles. The summed E-state index contributed by atoms with van der Waals surface area (Å²) in [6.07, 6.45) is 4.85. The second-order valence-electron chi connectivity index (χ2n) is 9.47. The number of likely N-dealkylation sites (tertiary alicyclic amines) is 1. The number of hydrogen-bond donors (Lipinski definition) is 0. The Morgan fingerprint density at radius 2 is 1.85 bits per heavy atom. The van der Waals surface area contributed by atoms with E-state index in [1.165, 1.54) is 6.07 Å². The number of piperidine rings is 1. The highest BCUT2D eigenvalue weighted by molar-refractivity contribution is 6.04. The first-order valence-corrected chi connectivity index (χ1v) is 12.0. The molecule has 2 saturated heterocycles. The van der Waals surface area contributed by atoms with Gasteiger partial charge in [0, 0.05) is 31.1 Å². The number of hydrogen-bond acceptors (Lipinski definition) is 3. The molecule has 1 aromatic heterocycles. The first-order valence-electron chi connectivity index (χ1n) is 12.0. The van der Waals surface area contributed by atoms with Crippen molar-refractivity contribution < 1.29 is 14.0 Å². The lowest BCUT2D eigenvalue weighted by atomic mass is 9.92. The van der Waals surface area contributed by atoms with Gasteiger partial charge in [0.05, 0.1) is 17.4 Å². The molecule has 2 aromatic carbocycles.